The summed E-state index contributed by atoms with van der Waals surface area (Å²) in [5.74, 6) is -1.48. The molecule has 0 radical (unpaired) electrons. The van der Waals surface area contributed by atoms with Crippen LogP contribution in [-0.2, 0) is 4.79 Å². The number of nitrogens with one attached hydrogen (secondary N) is 1. The summed E-state index contributed by atoms with van der Waals surface area (Å²) in [7, 11) is 0. The molecule has 2 rings (SSSR count). The van der Waals surface area contributed by atoms with Crippen molar-refractivity contribution >= 4 is 38.8 Å². The molecule has 0 aliphatic carbocycles. The summed E-state index contributed by atoms with van der Waals surface area (Å²) in [5.41, 5.74) is 0.622. The Morgan fingerprint density at radius 3 is 2.85 bits per heavy atom. The number of hydrogen-bond acceptors (Lipinski definition) is 3. The molecule has 0 bridgehead atoms. The van der Waals surface area contributed by atoms with Crippen molar-refractivity contribution in [3.05, 3.63) is 34.5 Å². The predicted molar refractivity (Wildman–Crippen MR) is 77.7 cm³/mol. The molecule has 1 amide bonds. The first-order chi connectivity index (χ1) is 9.49. The van der Waals surface area contributed by atoms with Crippen molar-refractivity contribution in [3.63, 3.8) is 0 Å². The average molecular weight is 340 g/mol. The van der Waals surface area contributed by atoms with Crippen LogP contribution in [0.15, 0.2) is 33.2 Å². The minimum Gasteiger partial charge on any atom is -0.481 e. The minimum atomic E-state index is -0.869. The van der Waals surface area contributed by atoms with Crippen molar-refractivity contribution in [2.45, 2.75) is 13.3 Å². The summed E-state index contributed by atoms with van der Waals surface area (Å²) in [6, 6.07) is 7.21. The van der Waals surface area contributed by atoms with E-state index in [1.165, 1.54) is 0 Å². The molecular formula is C14H14BrNO4. The third-order valence-electron chi connectivity index (χ3n) is 3.00. The van der Waals surface area contributed by atoms with Gasteiger partial charge in [-0.1, -0.05) is 19.1 Å². The van der Waals surface area contributed by atoms with Gasteiger partial charge in [0.2, 0.25) is 0 Å². The second-order valence-corrected chi connectivity index (χ2v) is 5.41. The zero-order valence-corrected chi connectivity index (χ0v) is 12.4. The van der Waals surface area contributed by atoms with E-state index < -0.39 is 11.9 Å². The van der Waals surface area contributed by atoms with Crippen LogP contribution < -0.4 is 5.32 Å². The Morgan fingerprint density at radius 2 is 2.20 bits per heavy atom. The van der Waals surface area contributed by atoms with Crippen LogP contribution in [0.1, 0.15) is 23.9 Å². The number of fused-ring (bicyclic) bond motifs is 1. The maximum absolute atomic E-state index is 11.9. The van der Waals surface area contributed by atoms with Crippen LogP contribution in [0.5, 0.6) is 0 Å². The van der Waals surface area contributed by atoms with E-state index in [0.717, 1.165) is 9.86 Å². The van der Waals surface area contributed by atoms with Crippen LogP contribution >= 0.6 is 15.9 Å². The molecule has 0 aliphatic heterocycles. The number of aliphatic carboxylic acids is 1. The SMILES string of the molecule is CC(CCNC(=O)c1cc2cccc(Br)c2o1)C(=O)O. The van der Waals surface area contributed by atoms with E-state index in [-0.39, 0.29) is 11.7 Å². The maximum atomic E-state index is 11.9. The first-order valence-electron chi connectivity index (χ1n) is 6.18. The highest BCUT2D eigenvalue weighted by Gasteiger charge is 2.15. The fourth-order valence-corrected chi connectivity index (χ4v) is 2.21. The molecule has 1 aromatic heterocycles. The molecule has 1 heterocycles. The quantitative estimate of drug-likeness (QED) is 0.877. The van der Waals surface area contributed by atoms with Crippen LogP contribution in [0.25, 0.3) is 11.0 Å². The number of benzene rings is 1. The van der Waals surface area contributed by atoms with Crippen molar-refractivity contribution in [3.8, 4) is 0 Å². The van der Waals surface area contributed by atoms with Crippen LogP contribution in [0.3, 0.4) is 0 Å². The van der Waals surface area contributed by atoms with Crippen LogP contribution in [-0.4, -0.2) is 23.5 Å². The largest absolute Gasteiger partial charge is 0.481 e. The summed E-state index contributed by atoms with van der Waals surface area (Å²) in [6.07, 6.45) is 0.380. The van der Waals surface area contributed by atoms with Gasteiger partial charge in [-0.25, -0.2) is 0 Å². The molecule has 6 heteroatoms. The van der Waals surface area contributed by atoms with E-state index in [1.54, 1.807) is 13.0 Å². The molecule has 5 nitrogen and oxygen atoms in total. The van der Waals surface area contributed by atoms with E-state index in [4.69, 9.17) is 9.52 Å². The number of rotatable bonds is 5. The zero-order valence-electron chi connectivity index (χ0n) is 10.9. The lowest BCUT2D eigenvalue weighted by molar-refractivity contribution is -0.141. The number of para-hydroxylation sites is 1. The molecule has 1 atom stereocenters. The van der Waals surface area contributed by atoms with Crippen molar-refractivity contribution in [2.75, 3.05) is 6.54 Å². The van der Waals surface area contributed by atoms with Gasteiger partial charge in [0.15, 0.2) is 5.76 Å². The summed E-state index contributed by atoms with van der Waals surface area (Å²) < 4.78 is 6.28. The second-order valence-electron chi connectivity index (χ2n) is 4.55. The lowest BCUT2D eigenvalue weighted by Gasteiger charge is -2.06. The molecule has 2 N–H and O–H groups in total. The zero-order chi connectivity index (χ0) is 14.7. The van der Waals surface area contributed by atoms with Crippen molar-refractivity contribution in [2.24, 2.45) is 5.92 Å². The van der Waals surface area contributed by atoms with E-state index in [2.05, 4.69) is 21.2 Å². The molecular weight excluding hydrogens is 326 g/mol. The standard InChI is InChI=1S/C14H14BrNO4/c1-8(14(18)19)5-6-16-13(17)11-7-9-3-2-4-10(15)12(9)20-11/h2-4,7-8H,5-6H2,1H3,(H,16,17)(H,18,19). The maximum Gasteiger partial charge on any atom is 0.306 e. The van der Waals surface area contributed by atoms with Crippen LogP contribution in [0, 0.1) is 5.92 Å². The van der Waals surface area contributed by atoms with Gasteiger partial charge in [-0.05, 0) is 34.5 Å². The summed E-state index contributed by atoms with van der Waals surface area (Å²) in [5, 5.41) is 12.2. The topological polar surface area (TPSA) is 79.5 Å². The van der Waals surface area contributed by atoms with Gasteiger partial charge in [0.25, 0.3) is 5.91 Å². The van der Waals surface area contributed by atoms with Gasteiger partial charge < -0.3 is 14.8 Å². The van der Waals surface area contributed by atoms with Gasteiger partial charge in [0, 0.05) is 11.9 Å². The Bertz CT molecular complexity index is 650. The molecule has 106 valence electrons. The van der Waals surface area contributed by atoms with Crippen LogP contribution in [0.2, 0.25) is 0 Å². The number of hydrogen-bond donors (Lipinski definition) is 2. The van der Waals surface area contributed by atoms with E-state index in [9.17, 15) is 9.59 Å². The first-order valence-corrected chi connectivity index (χ1v) is 6.97. The van der Waals surface area contributed by atoms with E-state index >= 15 is 0 Å². The summed E-state index contributed by atoms with van der Waals surface area (Å²) in [4.78, 5) is 22.6. The highest BCUT2D eigenvalue weighted by molar-refractivity contribution is 9.10. The van der Waals surface area contributed by atoms with Crippen LogP contribution in [0.4, 0.5) is 0 Å². The minimum absolute atomic E-state index is 0.217. The number of carbonyl (C=O) groups excluding carboxylic acids is 1. The first kappa shape index (κ1) is 14.6. The third-order valence-corrected chi connectivity index (χ3v) is 3.63. The van der Waals surface area contributed by atoms with Gasteiger partial charge in [-0.3, -0.25) is 9.59 Å². The normalized spacial score (nSPS) is 12.3. The molecule has 20 heavy (non-hydrogen) atoms. The third kappa shape index (κ3) is 3.19. The molecule has 2 aromatic rings. The monoisotopic (exact) mass is 339 g/mol. The summed E-state index contributed by atoms with van der Waals surface area (Å²) >= 11 is 3.36. The molecule has 0 saturated carbocycles. The van der Waals surface area contributed by atoms with E-state index in [0.29, 0.717) is 18.5 Å². The lowest BCUT2D eigenvalue weighted by atomic mass is 10.1. The Labute approximate surface area is 124 Å². The highest BCUT2D eigenvalue weighted by atomic mass is 79.9. The number of amides is 1. The smallest absolute Gasteiger partial charge is 0.306 e. The Hall–Kier alpha value is -1.82. The Morgan fingerprint density at radius 1 is 1.45 bits per heavy atom. The van der Waals surface area contributed by atoms with Gasteiger partial charge in [-0.15, -0.1) is 0 Å². The van der Waals surface area contributed by atoms with Crippen molar-refractivity contribution in [1.82, 2.24) is 5.32 Å². The lowest BCUT2D eigenvalue weighted by Crippen LogP contribution is -2.26. The Balaban J connectivity index is 2.01. The molecule has 0 fully saturated rings. The number of carboxylic acids is 1. The highest BCUT2D eigenvalue weighted by Crippen LogP contribution is 2.26. The van der Waals surface area contributed by atoms with Gasteiger partial charge in [0.1, 0.15) is 5.58 Å². The number of carboxylic acid groups (broad SMARTS) is 1. The summed E-state index contributed by atoms with van der Waals surface area (Å²) in [6.45, 7) is 1.90. The second kappa shape index (κ2) is 6.09. The molecule has 1 unspecified atom stereocenters. The van der Waals surface area contributed by atoms with Gasteiger partial charge in [-0.2, -0.15) is 0 Å². The molecule has 1 aromatic carbocycles. The van der Waals surface area contributed by atoms with Gasteiger partial charge >= 0.3 is 5.97 Å². The van der Waals surface area contributed by atoms with Crippen molar-refractivity contribution < 1.29 is 19.1 Å². The number of carbonyl (C=O) groups is 2. The van der Waals surface area contributed by atoms with Crippen molar-refractivity contribution in [1.29, 1.82) is 0 Å². The molecule has 0 aliphatic rings. The fraction of sp³-hybridized carbons (Fsp3) is 0.286. The molecule has 0 spiro atoms. The Kier molecular flexibility index (Phi) is 4.44. The number of halogens is 1. The predicted octanol–water partition coefficient (Wildman–Crippen LogP) is 3.04. The van der Waals surface area contributed by atoms with Gasteiger partial charge in [0.05, 0.1) is 10.4 Å². The van der Waals surface area contributed by atoms with E-state index in [1.807, 2.05) is 18.2 Å². The average Bonchev–Trinajstić information content (AvgIpc) is 2.84. The fourth-order valence-electron chi connectivity index (χ4n) is 1.75. The molecule has 0 saturated heterocycles. The number of furan rings is 1.